The zero-order chi connectivity index (χ0) is 41.7. The Labute approximate surface area is 341 Å². The summed E-state index contributed by atoms with van der Waals surface area (Å²) in [6.07, 6.45) is -3.56. The van der Waals surface area contributed by atoms with E-state index < -0.39 is 85.2 Å². The van der Waals surface area contributed by atoms with Crippen molar-refractivity contribution in [3.63, 3.8) is 0 Å². The van der Waals surface area contributed by atoms with E-state index in [9.17, 15) is 39.9 Å². The van der Waals surface area contributed by atoms with Crippen LogP contribution < -0.4 is 5.32 Å². The molecule has 3 aromatic carbocycles. The molecule has 0 radical (unpaired) electrons. The summed E-state index contributed by atoms with van der Waals surface area (Å²) in [6, 6.07) is 23.0. The molecule has 9 atom stereocenters. The van der Waals surface area contributed by atoms with Gasteiger partial charge in [-0.2, -0.15) is 0 Å². The Morgan fingerprint density at radius 3 is 2.32 bits per heavy atom. The Morgan fingerprint density at radius 1 is 0.915 bits per heavy atom. The van der Waals surface area contributed by atoms with Crippen molar-refractivity contribution < 1.29 is 63.6 Å². The van der Waals surface area contributed by atoms with Crippen molar-refractivity contribution in [2.45, 2.75) is 86.5 Å². The molecule has 3 aromatic rings. The fourth-order valence-electron chi connectivity index (χ4n) is 8.12. The number of hydrogen-bond donors (Lipinski definition) is 6. The Hall–Kier alpha value is -4.81. The van der Waals surface area contributed by atoms with Crippen molar-refractivity contribution in [3.8, 4) is 0 Å². The minimum absolute atomic E-state index is 0.0220. The Kier molecular flexibility index (Phi) is 13.4. The first-order chi connectivity index (χ1) is 28.5. The molecule has 2 fully saturated rings. The van der Waals surface area contributed by atoms with Gasteiger partial charge in [0.25, 0.3) is 0 Å². The largest absolute Gasteiger partial charge is 0.456 e. The quantitative estimate of drug-likeness (QED) is 0.125. The smallest absolute Gasteiger partial charge is 0.339 e. The molecular weight excluding hydrogens is 764 g/mol. The van der Waals surface area contributed by atoms with Gasteiger partial charge in [0.15, 0.2) is 12.1 Å². The normalized spacial score (nSPS) is 27.5. The van der Waals surface area contributed by atoms with Crippen molar-refractivity contribution >= 4 is 23.9 Å². The first-order valence-corrected chi connectivity index (χ1v) is 19.7. The molecule has 2 amide bonds. The fraction of sp³-hybridized carbons (Fsp3) is 0.432. The van der Waals surface area contributed by atoms with Crippen LogP contribution in [-0.2, 0) is 52.5 Å². The zero-order valence-corrected chi connectivity index (χ0v) is 32.5. The monoisotopic (exact) mass is 814 g/mol. The molecule has 314 valence electrons. The van der Waals surface area contributed by atoms with Gasteiger partial charge in [-0.05, 0) is 34.4 Å². The summed E-state index contributed by atoms with van der Waals surface area (Å²) in [5.74, 6) is -2.60. The Balaban J connectivity index is 1.10. The molecule has 0 bridgehead atoms. The van der Waals surface area contributed by atoms with Gasteiger partial charge in [0.05, 0.1) is 25.4 Å². The maximum Gasteiger partial charge on any atom is 0.339 e. The van der Waals surface area contributed by atoms with Crippen LogP contribution in [0, 0.1) is 0 Å². The number of carbonyl (C=O) groups excluding carboxylic acids is 3. The van der Waals surface area contributed by atoms with Gasteiger partial charge < -0.3 is 59.4 Å². The van der Waals surface area contributed by atoms with E-state index in [2.05, 4.69) is 5.32 Å². The highest BCUT2D eigenvalue weighted by atomic mass is 16.8. The van der Waals surface area contributed by atoms with Crippen LogP contribution in [0.2, 0.25) is 0 Å². The van der Waals surface area contributed by atoms with Crippen molar-refractivity contribution in [3.05, 3.63) is 124 Å². The van der Waals surface area contributed by atoms with E-state index in [1.54, 1.807) is 49.5 Å². The average Bonchev–Trinajstić information content (AvgIpc) is 3.81. The summed E-state index contributed by atoms with van der Waals surface area (Å²) in [7, 11) is 1.55. The van der Waals surface area contributed by atoms with E-state index in [0.717, 1.165) is 16.7 Å². The molecule has 0 saturated carbocycles. The lowest BCUT2D eigenvalue weighted by molar-refractivity contribution is -0.298. The van der Waals surface area contributed by atoms with E-state index in [1.165, 1.54) is 4.90 Å². The van der Waals surface area contributed by atoms with Crippen LogP contribution in [0.4, 0.5) is 0 Å². The summed E-state index contributed by atoms with van der Waals surface area (Å²) in [5, 5.41) is 52.0. The number of carbonyl (C=O) groups is 3. The summed E-state index contributed by atoms with van der Waals surface area (Å²) >= 11 is 0. The molecule has 2 saturated heterocycles. The van der Waals surface area contributed by atoms with Crippen molar-refractivity contribution in [1.82, 2.24) is 10.2 Å². The molecule has 4 aliphatic rings. The predicted molar refractivity (Wildman–Crippen MR) is 210 cm³/mol. The van der Waals surface area contributed by atoms with Crippen LogP contribution in [0.3, 0.4) is 0 Å². The van der Waals surface area contributed by atoms with Gasteiger partial charge in [0.2, 0.25) is 11.8 Å². The van der Waals surface area contributed by atoms with E-state index >= 15 is 0 Å². The zero-order valence-electron chi connectivity index (χ0n) is 32.5. The lowest BCUT2D eigenvalue weighted by Crippen LogP contribution is -2.59. The third-order valence-electron chi connectivity index (χ3n) is 11.2. The number of fused-ring (bicyclic) bond motifs is 2. The van der Waals surface area contributed by atoms with Gasteiger partial charge in [-0.25, -0.2) is 4.79 Å². The third-order valence-corrected chi connectivity index (χ3v) is 11.2. The molecule has 1 spiro atoms. The van der Waals surface area contributed by atoms with Crippen LogP contribution in [0.25, 0.3) is 6.08 Å². The van der Waals surface area contributed by atoms with Crippen LogP contribution in [0.15, 0.2) is 96.6 Å². The number of ether oxygens (including phenoxy) is 5. The van der Waals surface area contributed by atoms with Crippen LogP contribution in [-0.4, -0.2) is 142 Å². The SMILES string of the molecule is CN(C(=O)C1=CC2OC3(Cc4ccccc4C3)OC2C(OC(=O)c2ccccc2C=CCOC2OC(CO)C(O)C(O)C2O)C1)C(Cc1ccccc1)C(=O)NCCO. The van der Waals surface area contributed by atoms with E-state index in [1.807, 2.05) is 54.6 Å². The van der Waals surface area contributed by atoms with Gasteiger partial charge in [0.1, 0.15) is 48.8 Å². The van der Waals surface area contributed by atoms with Crippen molar-refractivity contribution in [2.24, 2.45) is 0 Å². The molecule has 6 N–H and O–H groups in total. The standard InChI is InChI=1S/C44H50N2O13/c1-46(32(40(52)45-17-18-47)20-26-10-3-2-4-11-26)41(53)30-21-33(39-34(22-30)58-44(59-39)23-28-13-5-6-14-29(28)24-44)56-42(54)31-16-8-7-12-27(31)15-9-19-55-43-38(51)37(50)36(49)35(25-48)57-43/h2-16,22,32-39,43,47-51H,17-21,23-25H2,1H3,(H,45,52). The number of hydrogen-bond acceptors (Lipinski definition) is 13. The molecule has 7 rings (SSSR count). The summed E-state index contributed by atoms with van der Waals surface area (Å²) < 4.78 is 30.5. The van der Waals surface area contributed by atoms with Gasteiger partial charge >= 0.3 is 5.97 Å². The molecule has 59 heavy (non-hydrogen) atoms. The molecule has 15 nitrogen and oxygen atoms in total. The van der Waals surface area contributed by atoms with Gasteiger partial charge in [-0.15, -0.1) is 0 Å². The minimum atomic E-state index is -1.59. The summed E-state index contributed by atoms with van der Waals surface area (Å²) in [5.41, 5.74) is 3.96. The number of likely N-dealkylation sites (N-methyl/N-ethyl adjacent to an activating group) is 1. The number of benzene rings is 3. The van der Waals surface area contributed by atoms with Crippen LogP contribution >= 0.6 is 0 Å². The fourth-order valence-corrected chi connectivity index (χ4v) is 8.12. The summed E-state index contributed by atoms with van der Waals surface area (Å²) in [6.45, 7) is -0.958. The molecule has 15 heteroatoms. The average molecular weight is 815 g/mol. The number of nitrogens with one attached hydrogen (secondary N) is 1. The van der Waals surface area contributed by atoms with Gasteiger partial charge in [-0.1, -0.05) is 84.9 Å². The maximum absolute atomic E-state index is 14.4. The predicted octanol–water partition coefficient (Wildman–Crippen LogP) is 0.829. The van der Waals surface area contributed by atoms with Gasteiger partial charge in [-0.3, -0.25) is 9.59 Å². The highest BCUT2D eigenvalue weighted by molar-refractivity contribution is 5.98. The van der Waals surface area contributed by atoms with Crippen molar-refractivity contribution in [2.75, 3.05) is 33.4 Å². The topological polar surface area (TPSA) is 214 Å². The van der Waals surface area contributed by atoms with E-state index in [-0.39, 0.29) is 43.7 Å². The maximum atomic E-state index is 14.4. The molecule has 2 heterocycles. The summed E-state index contributed by atoms with van der Waals surface area (Å²) in [4.78, 5) is 43.3. The Bertz CT molecular complexity index is 2000. The van der Waals surface area contributed by atoms with Gasteiger partial charge in [0, 0.05) is 44.8 Å². The minimum Gasteiger partial charge on any atom is -0.456 e. The number of aliphatic hydroxyl groups excluding tert-OH is 5. The second-order valence-electron chi connectivity index (χ2n) is 15.2. The molecule has 2 aliphatic heterocycles. The number of esters is 1. The lowest BCUT2D eigenvalue weighted by atomic mass is 9.90. The highest BCUT2D eigenvalue weighted by Gasteiger charge is 2.55. The van der Waals surface area contributed by atoms with E-state index in [0.29, 0.717) is 18.4 Å². The number of rotatable bonds is 14. The third kappa shape index (κ3) is 9.34. The second kappa shape index (κ2) is 18.6. The molecule has 2 aliphatic carbocycles. The highest BCUT2D eigenvalue weighted by Crippen LogP contribution is 2.45. The molecule has 9 unspecified atom stereocenters. The van der Waals surface area contributed by atoms with Crippen molar-refractivity contribution in [1.29, 1.82) is 0 Å². The lowest BCUT2D eigenvalue weighted by Gasteiger charge is -2.39. The van der Waals surface area contributed by atoms with Crippen LogP contribution in [0.5, 0.6) is 0 Å². The Morgan fingerprint density at radius 2 is 1.61 bits per heavy atom. The first kappa shape index (κ1) is 42.3. The van der Waals surface area contributed by atoms with Crippen LogP contribution in [0.1, 0.15) is 39.0 Å². The second-order valence-corrected chi connectivity index (χ2v) is 15.2. The van der Waals surface area contributed by atoms with E-state index in [4.69, 9.17) is 23.7 Å². The number of aliphatic hydroxyl groups is 5. The number of amides is 2. The number of nitrogens with zero attached hydrogens (tertiary/aromatic N) is 1. The first-order valence-electron chi connectivity index (χ1n) is 19.7. The molecule has 0 aromatic heterocycles. The molecular formula is C44H50N2O13.